The quantitative estimate of drug-likeness (QED) is 0.486. The van der Waals surface area contributed by atoms with Gasteiger partial charge in [-0.1, -0.05) is 39.5 Å². The maximum atomic E-state index is 11.9. The van der Waals surface area contributed by atoms with E-state index in [0.29, 0.717) is 13.2 Å². The highest BCUT2D eigenvalue weighted by Gasteiger charge is 2.13. The molecule has 0 amide bonds. The molecule has 0 unspecified atom stereocenters. The van der Waals surface area contributed by atoms with E-state index in [1.165, 1.54) is 18.5 Å². The number of aromatic nitrogens is 1. The standard InChI is InChI=1S/C17H25NO4/c1-3-5-7-9-21-16(19)14-11-15(13-18-12-14)17(20)22-10-8-6-4-2/h11-13H,3-10H2,1-2H3. The predicted molar refractivity (Wildman–Crippen MR) is 83.9 cm³/mol. The molecule has 0 saturated heterocycles. The molecule has 22 heavy (non-hydrogen) atoms. The summed E-state index contributed by atoms with van der Waals surface area (Å²) in [7, 11) is 0. The number of pyridine rings is 1. The van der Waals surface area contributed by atoms with E-state index >= 15 is 0 Å². The highest BCUT2D eigenvalue weighted by atomic mass is 16.5. The minimum atomic E-state index is -0.454. The largest absolute Gasteiger partial charge is 0.462 e. The van der Waals surface area contributed by atoms with Crippen molar-refractivity contribution in [3.63, 3.8) is 0 Å². The average Bonchev–Trinajstić information content (AvgIpc) is 2.55. The Hall–Kier alpha value is -1.91. The van der Waals surface area contributed by atoms with Gasteiger partial charge < -0.3 is 9.47 Å². The third-order valence-electron chi connectivity index (χ3n) is 3.17. The van der Waals surface area contributed by atoms with Gasteiger partial charge in [-0.25, -0.2) is 9.59 Å². The highest BCUT2D eigenvalue weighted by Crippen LogP contribution is 2.08. The topological polar surface area (TPSA) is 65.5 Å². The molecule has 5 nitrogen and oxygen atoms in total. The Morgan fingerprint density at radius 1 is 0.864 bits per heavy atom. The Bertz CT molecular complexity index is 434. The molecule has 0 aromatic carbocycles. The molecule has 0 radical (unpaired) electrons. The van der Waals surface area contributed by atoms with Crippen molar-refractivity contribution in [1.29, 1.82) is 0 Å². The fourth-order valence-electron chi connectivity index (χ4n) is 1.86. The maximum absolute atomic E-state index is 11.9. The number of rotatable bonds is 10. The van der Waals surface area contributed by atoms with Crippen LogP contribution in [0, 0.1) is 0 Å². The van der Waals surface area contributed by atoms with Gasteiger partial charge in [-0.2, -0.15) is 0 Å². The van der Waals surface area contributed by atoms with Crippen LogP contribution in [0.5, 0.6) is 0 Å². The second-order valence-corrected chi connectivity index (χ2v) is 5.15. The minimum Gasteiger partial charge on any atom is -0.462 e. The monoisotopic (exact) mass is 307 g/mol. The lowest BCUT2D eigenvalue weighted by molar-refractivity contribution is 0.0495. The molecule has 1 rings (SSSR count). The molecule has 0 N–H and O–H groups in total. The second-order valence-electron chi connectivity index (χ2n) is 5.15. The first-order chi connectivity index (χ1) is 10.7. The Morgan fingerprint density at radius 3 is 1.73 bits per heavy atom. The van der Waals surface area contributed by atoms with E-state index in [-0.39, 0.29) is 11.1 Å². The van der Waals surface area contributed by atoms with Gasteiger partial charge in [-0.05, 0) is 18.9 Å². The molecule has 5 heteroatoms. The molecule has 0 fully saturated rings. The van der Waals surface area contributed by atoms with Gasteiger partial charge in [0.1, 0.15) is 0 Å². The SMILES string of the molecule is CCCCCOC(=O)c1cncc(C(=O)OCCCCC)c1. The molecular formula is C17H25NO4. The van der Waals surface area contributed by atoms with Crippen molar-refractivity contribution in [3.8, 4) is 0 Å². The summed E-state index contributed by atoms with van der Waals surface area (Å²) in [5.41, 5.74) is 0.555. The molecule has 0 aliphatic rings. The summed E-state index contributed by atoms with van der Waals surface area (Å²) in [5.74, 6) is -0.909. The zero-order valence-electron chi connectivity index (χ0n) is 13.5. The summed E-state index contributed by atoms with van der Waals surface area (Å²) < 4.78 is 10.3. The normalized spacial score (nSPS) is 10.3. The van der Waals surface area contributed by atoms with Gasteiger partial charge in [0.2, 0.25) is 0 Å². The van der Waals surface area contributed by atoms with Crippen molar-refractivity contribution in [3.05, 3.63) is 29.6 Å². The molecule has 0 saturated carbocycles. The fraction of sp³-hybridized carbons (Fsp3) is 0.588. The molecular weight excluding hydrogens is 282 g/mol. The number of nitrogens with zero attached hydrogens (tertiary/aromatic N) is 1. The van der Waals surface area contributed by atoms with Crippen LogP contribution >= 0.6 is 0 Å². The Labute approximate surface area is 132 Å². The first kappa shape index (κ1) is 18.1. The van der Waals surface area contributed by atoms with Crippen LogP contribution in [-0.2, 0) is 9.47 Å². The third kappa shape index (κ3) is 6.70. The van der Waals surface area contributed by atoms with Crippen LogP contribution in [0.3, 0.4) is 0 Å². The molecule has 0 aliphatic heterocycles. The van der Waals surface area contributed by atoms with E-state index in [4.69, 9.17) is 9.47 Å². The number of esters is 2. The van der Waals surface area contributed by atoms with Gasteiger partial charge in [-0.15, -0.1) is 0 Å². The first-order valence-electron chi connectivity index (χ1n) is 7.98. The molecule has 1 aromatic rings. The van der Waals surface area contributed by atoms with Gasteiger partial charge >= 0.3 is 11.9 Å². The van der Waals surface area contributed by atoms with Gasteiger partial charge in [0.05, 0.1) is 24.3 Å². The maximum Gasteiger partial charge on any atom is 0.339 e. The van der Waals surface area contributed by atoms with Gasteiger partial charge in [0, 0.05) is 12.4 Å². The molecule has 1 heterocycles. The van der Waals surface area contributed by atoms with E-state index < -0.39 is 11.9 Å². The fourth-order valence-corrected chi connectivity index (χ4v) is 1.86. The summed E-state index contributed by atoms with van der Waals surface area (Å²) in [6.07, 6.45) is 8.66. The summed E-state index contributed by atoms with van der Waals surface area (Å²) in [6.45, 7) is 4.94. The molecule has 0 atom stereocenters. The third-order valence-corrected chi connectivity index (χ3v) is 3.17. The van der Waals surface area contributed by atoms with Crippen LogP contribution < -0.4 is 0 Å². The van der Waals surface area contributed by atoms with Gasteiger partial charge in [0.25, 0.3) is 0 Å². The summed E-state index contributed by atoms with van der Waals surface area (Å²) in [4.78, 5) is 27.6. The lowest BCUT2D eigenvalue weighted by Crippen LogP contribution is -2.11. The van der Waals surface area contributed by atoms with Crippen LogP contribution in [0.15, 0.2) is 18.5 Å². The van der Waals surface area contributed by atoms with E-state index in [2.05, 4.69) is 18.8 Å². The number of carbonyl (C=O) groups is 2. The Kier molecular flexibility index (Phi) is 8.88. The summed E-state index contributed by atoms with van der Waals surface area (Å²) in [5, 5.41) is 0. The van der Waals surface area contributed by atoms with Crippen LogP contribution in [0.25, 0.3) is 0 Å². The van der Waals surface area contributed by atoms with Crippen molar-refractivity contribution >= 4 is 11.9 Å². The number of unbranched alkanes of at least 4 members (excludes halogenated alkanes) is 4. The van der Waals surface area contributed by atoms with Crippen LogP contribution in [-0.4, -0.2) is 30.1 Å². The first-order valence-corrected chi connectivity index (χ1v) is 7.98. The van der Waals surface area contributed by atoms with Crippen LogP contribution in [0.4, 0.5) is 0 Å². The van der Waals surface area contributed by atoms with Crippen molar-refractivity contribution in [1.82, 2.24) is 4.98 Å². The van der Waals surface area contributed by atoms with Crippen molar-refractivity contribution in [2.45, 2.75) is 52.4 Å². The molecule has 0 bridgehead atoms. The minimum absolute atomic E-state index is 0.277. The zero-order chi connectivity index (χ0) is 16.2. The van der Waals surface area contributed by atoms with E-state index in [1.54, 1.807) is 0 Å². The Balaban J connectivity index is 2.50. The van der Waals surface area contributed by atoms with Crippen molar-refractivity contribution in [2.75, 3.05) is 13.2 Å². The Morgan fingerprint density at radius 2 is 1.32 bits per heavy atom. The second kappa shape index (κ2) is 10.8. The van der Waals surface area contributed by atoms with Crippen LogP contribution in [0.2, 0.25) is 0 Å². The smallest absolute Gasteiger partial charge is 0.339 e. The lowest BCUT2D eigenvalue weighted by atomic mass is 10.2. The number of hydrogen-bond donors (Lipinski definition) is 0. The zero-order valence-corrected chi connectivity index (χ0v) is 13.5. The van der Waals surface area contributed by atoms with E-state index in [1.807, 2.05) is 0 Å². The van der Waals surface area contributed by atoms with E-state index in [9.17, 15) is 9.59 Å². The molecule has 0 spiro atoms. The van der Waals surface area contributed by atoms with E-state index in [0.717, 1.165) is 38.5 Å². The van der Waals surface area contributed by atoms with Crippen molar-refractivity contribution in [2.24, 2.45) is 0 Å². The highest BCUT2D eigenvalue weighted by molar-refractivity contribution is 5.94. The molecule has 0 aliphatic carbocycles. The summed E-state index contributed by atoms with van der Waals surface area (Å²) >= 11 is 0. The average molecular weight is 307 g/mol. The lowest BCUT2D eigenvalue weighted by Gasteiger charge is -2.06. The summed E-state index contributed by atoms with van der Waals surface area (Å²) in [6, 6.07) is 1.47. The number of carbonyl (C=O) groups excluding carboxylic acids is 2. The van der Waals surface area contributed by atoms with Crippen molar-refractivity contribution < 1.29 is 19.1 Å². The van der Waals surface area contributed by atoms with Crippen LogP contribution in [0.1, 0.15) is 73.1 Å². The van der Waals surface area contributed by atoms with Gasteiger partial charge in [-0.3, -0.25) is 4.98 Å². The predicted octanol–water partition coefficient (Wildman–Crippen LogP) is 3.78. The van der Waals surface area contributed by atoms with Gasteiger partial charge in [0.15, 0.2) is 0 Å². The molecule has 1 aromatic heterocycles. The molecule has 122 valence electrons. The number of ether oxygens (including phenoxy) is 2. The number of hydrogen-bond acceptors (Lipinski definition) is 5.